The van der Waals surface area contributed by atoms with Crippen molar-refractivity contribution < 1.29 is 22.4 Å². The average Bonchev–Trinajstić information content (AvgIpc) is 3.45. The van der Waals surface area contributed by atoms with Crippen molar-refractivity contribution in [3.05, 3.63) is 60.2 Å². The van der Waals surface area contributed by atoms with Crippen LogP contribution < -0.4 is 15.4 Å². The van der Waals surface area contributed by atoms with E-state index in [1.54, 1.807) is 6.20 Å². The van der Waals surface area contributed by atoms with Gasteiger partial charge < -0.3 is 24.7 Å². The van der Waals surface area contributed by atoms with Gasteiger partial charge in [0.15, 0.2) is 5.76 Å². The van der Waals surface area contributed by atoms with E-state index in [1.807, 2.05) is 48.2 Å². The average molecular weight is 619 g/mol. The molecular weight excluding hydrogens is 580 g/mol. The summed E-state index contributed by atoms with van der Waals surface area (Å²) in [6.45, 7) is 4.32. The quantitative estimate of drug-likeness (QED) is 0.229. The molecule has 0 spiro atoms. The van der Waals surface area contributed by atoms with Crippen LogP contribution >= 0.6 is 0 Å². The van der Waals surface area contributed by atoms with E-state index >= 15 is 0 Å². The molecule has 11 nitrogen and oxygen atoms in total. The monoisotopic (exact) mass is 618 g/mol. The Bertz CT molecular complexity index is 1750. The van der Waals surface area contributed by atoms with Crippen molar-refractivity contribution in [1.29, 1.82) is 0 Å². The number of hydrogen-bond acceptors (Lipinski definition) is 10. The Hall–Kier alpha value is -4.03. The minimum absolute atomic E-state index is 0.0702. The summed E-state index contributed by atoms with van der Waals surface area (Å²) in [7, 11) is -3.02. The minimum atomic E-state index is -3.02. The molecule has 1 saturated heterocycles. The Morgan fingerprint density at radius 1 is 1.07 bits per heavy atom. The number of nitrogens with one attached hydrogen (secondary N) is 2. The molecule has 3 aromatic heterocycles. The van der Waals surface area contributed by atoms with E-state index in [-0.39, 0.29) is 17.8 Å². The number of nitrogens with zero attached hydrogens (tertiary/aromatic N) is 4. The van der Waals surface area contributed by atoms with Crippen LogP contribution in [0.25, 0.3) is 22.4 Å². The second-order valence-electron chi connectivity index (χ2n) is 11.8. The molecule has 4 heterocycles. The molecule has 1 aromatic carbocycles. The molecule has 0 atom stereocenters. The van der Waals surface area contributed by atoms with Crippen LogP contribution in [-0.2, 0) is 21.2 Å². The highest BCUT2D eigenvalue weighted by Crippen LogP contribution is 2.32. The van der Waals surface area contributed by atoms with Crippen LogP contribution in [0.4, 0.5) is 11.5 Å². The number of aromatic nitrogens is 3. The van der Waals surface area contributed by atoms with Crippen molar-refractivity contribution in [1.82, 2.24) is 25.2 Å². The first-order chi connectivity index (χ1) is 21.2. The van der Waals surface area contributed by atoms with E-state index in [0.29, 0.717) is 47.5 Å². The van der Waals surface area contributed by atoms with Crippen LogP contribution in [0.3, 0.4) is 0 Å². The van der Waals surface area contributed by atoms with Crippen LogP contribution in [0, 0.1) is 12.8 Å². The molecule has 1 amide bonds. The molecule has 2 aliphatic rings. The third kappa shape index (κ3) is 7.19. The van der Waals surface area contributed by atoms with Gasteiger partial charge >= 0.3 is 0 Å². The lowest BCUT2D eigenvalue weighted by atomic mass is 9.84. The van der Waals surface area contributed by atoms with Crippen molar-refractivity contribution in [2.45, 2.75) is 51.7 Å². The van der Waals surface area contributed by atoms with Crippen molar-refractivity contribution >= 4 is 38.2 Å². The van der Waals surface area contributed by atoms with Gasteiger partial charge in [0.05, 0.1) is 24.0 Å². The predicted octanol–water partition coefficient (Wildman–Crippen LogP) is 4.64. The van der Waals surface area contributed by atoms with Crippen molar-refractivity contribution in [2.75, 3.05) is 37.0 Å². The number of anilines is 2. The van der Waals surface area contributed by atoms with Crippen molar-refractivity contribution in [2.24, 2.45) is 5.92 Å². The molecule has 0 unspecified atom stereocenters. The van der Waals surface area contributed by atoms with E-state index in [1.165, 1.54) is 19.0 Å². The number of carbonyl (C=O) groups is 1. The number of benzene rings is 1. The number of pyridine rings is 1. The second-order valence-corrected chi connectivity index (χ2v) is 14.0. The number of furan rings is 1. The first-order valence-corrected chi connectivity index (χ1v) is 17.2. The van der Waals surface area contributed by atoms with Crippen LogP contribution in [0.15, 0.2) is 53.3 Å². The summed E-state index contributed by atoms with van der Waals surface area (Å²) in [5.74, 6) is 3.41. The number of hydrogen-bond donors (Lipinski definition) is 2. The molecule has 0 bridgehead atoms. The summed E-state index contributed by atoms with van der Waals surface area (Å²) < 4.78 is 35.0. The highest BCUT2D eigenvalue weighted by Gasteiger charge is 2.32. The van der Waals surface area contributed by atoms with Crippen LogP contribution in [0.1, 0.15) is 43.4 Å². The minimum Gasteiger partial charge on any atom is -0.490 e. The second kappa shape index (κ2) is 12.9. The third-order valence-corrected chi connectivity index (χ3v) is 9.27. The van der Waals surface area contributed by atoms with Gasteiger partial charge in [0.1, 0.15) is 45.3 Å². The molecule has 2 N–H and O–H groups in total. The largest absolute Gasteiger partial charge is 0.490 e. The lowest BCUT2D eigenvalue weighted by molar-refractivity contribution is -0.140. The SMILES string of the molecule is Cc1cc(Nc2ncnc3cnc(-c4ccc(CNCCS(C)(=O)=O)o4)cc23)ccc1OC1CCN(C(=O)C2CCC2)CC1. The predicted molar refractivity (Wildman–Crippen MR) is 168 cm³/mol. The lowest BCUT2D eigenvalue weighted by Crippen LogP contribution is -2.45. The number of likely N-dealkylation sites (tertiary alicyclic amines) is 1. The van der Waals surface area contributed by atoms with E-state index in [9.17, 15) is 13.2 Å². The summed E-state index contributed by atoms with van der Waals surface area (Å²) in [5.41, 5.74) is 3.21. The Kier molecular flexibility index (Phi) is 8.81. The van der Waals surface area contributed by atoms with Crippen molar-refractivity contribution in [3.63, 3.8) is 0 Å². The zero-order valence-electron chi connectivity index (χ0n) is 25.1. The lowest BCUT2D eigenvalue weighted by Gasteiger charge is -2.36. The van der Waals surface area contributed by atoms with E-state index in [0.717, 1.165) is 61.2 Å². The highest BCUT2D eigenvalue weighted by molar-refractivity contribution is 7.90. The number of carbonyl (C=O) groups excluding carboxylic acids is 1. The van der Waals surface area contributed by atoms with Gasteiger partial charge in [-0.25, -0.2) is 18.4 Å². The van der Waals surface area contributed by atoms with Gasteiger partial charge in [-0.2, -0.15) is 0 Å². The topological polar surface area (TPSA) is 140 Å². The van der Waals surface area contributed by atoms with Gasteiger partial charge in [-0.05, 0) is 61.7 Å². The number of rotatable bonds is 11. The summed E-state index contributed by atoms with van der Waals surface area (Å²) in [6, 6.07) is 11.6. The molecule has 232 valence electrons. The Labute approximate surface area is 257 Å². The van der Waals surface area contributed by atoms with Gasteiger partial charge in [-0.1, -0.05) is 6.42 Å². The van der Waals surface area contributed by atoms with Gasteiger partial charge in [0.2, 0.25) is 5.91 Å². The molecule has 6 rings (SSSR count). The van der Waals surface area contributed by atoms with E-state index in [2.05, 4.69) is 25.6 Å². The fraction of sp³-hybridized carbons (Fsp3) is 0.438. The molecule has 44 heavy (non-hydrogen) atoms. The Morgan fingerprint density at radius 3 is 2.61 bits per heavy atom. The smallest absolute Gasteiger partial charge is 0.225 e. The molecule has 2 fully saturated rings. The van der Waals surface area contributed by atoms with Crippen LogP contribution in [0.2, 0.25) is 0 Å². The Morgan fingerprint density at radius 2 is 1.89 bits per heavy atom. The maximum Gasteiger partial charge on any atom is 0.225 e. The molecule has 1 aliphatic carbocycles. The fourth-order valence-corrected chi connectivity index (χ4v) is 6.07. The van der Waals surface area contributed by atoms with Crippen LogP contribution in [0.5, 0.6) is 5.75 Å². The fourth-order valence-electron chi connectivity index (χ4n) is 5.56. The maximum atomic E-state index is 12.6. The zero-order valence-corrected chi connectivity index (χ0v) is 25.9. The number of ether oxygens (including phenoxy) is 1. The zero-order chi connectivity index (χ0) is 30.7. The van der Waals surface area contributed by atoms with Gasteiger partial charge in [0.25, 0.3) is 0 Å². The molecule has 1 aliphatic heterocycles. The normalized spacial score (nSPS) is 16.2. The molecular formula is C32H38N6O5S. The summed E-state index contributed by atoms with van der Waals surface area (Å²) in [6.07, 6.45) is 9.46. The summed E-state index contributed by atoms with van der Waals surface area (Å²) in [4.78, 5) is 28.0. The van der Waals surface area contributed by atoms with Gasteiger partial charge in [0, 0.05) is 55.7 Å². The summed E-state index contributed by atoms with van der Waals surface area (Å²) in [5, 5.41) is 7.30. The first-order valence-electron chi connectivity index (χ1n) is 15.1. The molecule has 4 aromatic rings. The standard InChI is InChI=1S/C32H38N6O5S/c1-21-16-23(6-8-29(21)42-24-10-13-38(14-11-24)32(39)22-4-3-5-22)37-31-26-17-27(34-19-28(26)35-20-36-31)30-9-7-25(43-30)18-33-12-15-44(2,40)41/h6-9,16-17,19-20,22,24,33H,3-5,10-15,18H2,1-2H3,(H,35,36,37). The highest BCUT2D eigenvalue weighted by atomic mass is 32.2. The number of piperidine rings is 1. The van der Waals surface area contributed by atoms with Crippen LogP contribution in [-0.4, -0.2) is 71.9 Å². The Balaban J connectivity index is 1.09. The number of sulfone groups is 1. The van der Waals surface area contributed by atoms with Gasteiger partial charge in [-0.3, -0.25) is 9.78 Å². The maximum absolute atomic E-state index is 12.6. The van der Waals surface area contributed by atoms with E-state index < -0.39 is 9.84 Å². The van der Waals surface area contributed by atoms with E-state index in [4.69, 9.17) is 9.15 Å². The molecule has 1 saturated carbocycles. The third-order valence-electron chi connectivity index (χ3n) is 8.32. The number of aryl methyl sites for hydroxylation is 1. The molecule has 0 radical (unpaired) electrons. The number of amides is 1. The van der Waals surface area contributed by atoms with Gasteiger partial charge in [-0.15, -0.1) is 0 Å². The van der Waals surface area contributed by atoms with Crippen molar-refractivity contribution in [3.8, 4) is 17.2 Å². The number of fused-ring (bicyclic) bond motifs is 1. The summed E-state index contributed by atoms with van der Waals surface area (Å²) >= 11 is 0. The first kappa shape index (κ1) is 30.0. The molecule has 12 heteroatoms.